The lowest BCUT2D eigenvalue weighted by molar-refractivity contribution is -0.128. The van der Waals surface area contributed by atoms with E-state index < -0.39 is 12.1 Å². The van der Waals surface area contributed by atoms with E-state index in [1.54, 1.807) is 28.3 Å². The summed E-state index contributed by atoms with van der Waals surface area (Å²) in [6.07, 6.45) is 14.2. The first kappa shape index (κ1) is 24.1. The summed E-state index contributed by atoms with van der Waals surface area (Å²) in [5.74, 6) is -0.423. The number of nitriles is 1. The first-order valence-electron chi connectivity index (χ1n) is 13.2. The molecule has 5 rings (SSSR count). The largest absolute Gasteiger partial charge is 0.385 e. The molecule has 2 unspecified atom stereocenters. The van der Waals surface area contributed by atoms with Crippen LogP contribution in [0.4, 0.5) is 11.4 Å². The fourth-order valence-electron chi connectivity index (χ4n) is 5.79. The van der Waals surface area contributed by atoms with Gasteiger partial charge in [-0.3, -0.25) is 24.4 Å². The molecule has 2 aliphatic heterocycles. The van der Waals surface area contributed by atoms with E-state index in [1.807, 2.05) is 24.3 Å². The third kappa shape index (κ3) is 5.01. The number of carbonyl (C=O) groups is 2. The smallest absolute Gasteiger partial charge is 0.251 e. The van der Waals surface area contributed by atoms with E-state index in [2.05, 4.69) is 21.8 Å². The molecule has 3 aliphatic rings. The number of hydrogen-bond donors (Lipinski definition) is 2. The summed E-state index contributed by atoms with van der Waals surface area (Å²) in [5.41, 5.74) is 3.52. The molecular formula is C28H34N6O2. The van der Waals surface area contributed by atoms with Crippen molar-refractivity contribution in [2.45, 2.75) is 75.9 Å². The zero-order valence-corrected chi connectivity index (χ0v) is 20.7. The van der Waals surface area contributed by atoms with E-state index in [1.165, 1.54) is 12.0 Å². The Hall–Kier alpha value is -3.60. The van der Waals surface area contributed by atoms with Crippen LogP contribution in [0.15, 0.2) is 42.7 Å². The predicted octanol–water partition coefficient (Wildman–Crippen LogP) is 3.91. The molecule has 0 bridgehead atoms. The van der Waals surface area contributed by atoms with Gasteiger partial charge < -0.3 is 10.6 Å². The lowest BCUT2D eigenvalue weighted by Gasteiger charge is -2.36. The zero-order valence-electron chi connectivity index (χ0n) is 20.7. The van der Waals surface area contributed by atoms with Gasteiger partial charge in [0, 0.05) is 48.5 Å². The van der Waals surface area contributed by atoms with Crippen molar-refractivity contribution in [2.75, 3.05) is 23.3 Å². The number of aromatic nitrogens is 1. The molecular weight excluding hydrogens is 452 g/mol. The van der Waals surface area contributed by atoms with Crippen molar-refractivity contribution in [1.82, 2.24) is 15.2 Å². The van der Waals surface area contributed by atoms with Crippen molar-refractivity contribution in [3.63, 3.8) is 0 Å². The molecule has 1 aromatic heterocycles. The molecule has 1 aromatic carbocycles. The fraction of sp³-hybridized carbons (Fsp3) is 0.500. The van der Waals surface area contributed by atoms with Crippen LogP contribution in [0.5, 0.6) is 0 Å². The molecule has 36 heavy (non-hydrogen) atoms. The minimum absolute atomic E-state index is 0.106. The average molecular weight is 487 g/mol. The van der Waals surface area contributed by atoms with Crippen molar-refractivity contribution < 1.29 is 9.59 Å². The van der Waals surface area contributed by atoms with Gasteiger partial charge in [-0.1, -0.05) is 31.4 Å². The van der Waals surface area contributed by atoms with E-state index in [-0.39, 0.29) is 17.9 Å². The molecule has 2 aromatic rings. The number of pyridine rings is 1. The van der Waals surface area contributed by atoms with Gasteiger partial charge in [-0.05, 0) is 62.3 Å². The molecule has 188 valence electrons. The number of nitrogens with zero attached hydrogens (tertiary/aromatic N) is 4. The van der Waals surface area contributed by atoms with Crippen LogP contribution >= 0.6 is 0 Å². The molecule has 1 aliphatic carbocycles. The highest BCUT2D eigenvalue weighted by atomic mass is 16.2. The van der Waals surface area contributed by atoms with Crippen molar-refractivity contribution >= 4 is 23.2 Å². The van der Waals surface area contributed by atoms with Crippen LogP contribution in [0.25, 0.3) is 0 Å². The molecule has 3 heterocycles. The predicted molar refractivity (Wildman–Crippen MR) is 138 cm³/mol. The van der Waals surface area contributed by atoms with Gasteiger partial charge in [0.1, 0.15) is 12.1 Å². The Morgan fingerprint density at radius 3 is 2.78 bits per heavy atom. The second kappa shape index (κ2) is 11.0. The normalized spacial score (nSPS) is 20.5. The minimum Gasteiger partial charge on any atom is -0.385 e. The Balaban J connectivity index is 1.57. The standard InChI is InChI=1S/C28H34N6O2/c29-19-33-16-6-11-25(33)28(36)34(23-13-12-20-7-5-15-31-24(20)17-23)26(21-8-4-14-30-18-21)27(35)32-22-9-2-1-3-10-22/h4,8,12-14,17-18,22,25-26,31H,1-3,5-7,9-11,15-16H2,(H,32,35). The molecule has 1 saturated heterocycles. The molecule has 2 amide bonds. The SMILES string of the molecule is N#CN1CCCC1C(=O)N(c1ccc2c(c1)NCCC2)C(C(=O)NC1CCCCC1)c1cccnc1. The van der Waals surface area contributed by atoms with E-state index in [4.69, 9.17) is 0 Å². The van der Waals surface area contributed by atoms with Gasteiger partial charge in [0.15, 0.2) is 6.19 Å². The molecule has 2 atom stereocenters. The van der Waals surface area contributed by atoms with Crippen LogP contribution in [-0.4, -0.2) is 46.9 Å². The quantitative estimate of drug-likeness (QED) is 0.601. The number of carbonyl (C=O) groups excluding carboxylic acids is 2. The number of amides is 2. The van der Waals surface area contributed by atoms with Crippen LogP contribution in [0.2, 0.25) is 0 Å². The summed E-state index contributed by atoms with van der Waals surface area (Å²) in [6, 6.07) is 8.26. The van der Waals surface area contributed by atoms with Gasteiger partial charge in [0.2, 0.25) is 5.91 Å². The zero-order chi connectivity index (χ0) is 24.9. The summed E-state index contributed by atoms with van der Waals surface area (Å²) in [6.45, 7) is 1.43. The summed E-state index contributed by atoms with van der Waals surface area (Å²) >= 11 is 0. The van der Waals surface area contributed by atoms with Gasteiger partial charge in [0.05, 0.1) is 0 Å². The highest BCUT2D eigenvalue weighted by Crippen LogP contribution is 2.35. The molecule has 2 fully saturated rings. The third-order valence-corrected chi connectivity index (χ3v) is 7.67. The number of rotatable bonds is 6. The van der Waals surface area contributed by atoms with Gasteiger partial charge in [-0.15, -0.1) is 0 Å². The summed E-state index contributed by atoms with van der Waals surface area (Å²) < 4.78 is 0. The van der Waals surface area contributed by atoms with Gasteiger partial charge >= 0.3 is 0 Å². The summed E-state index contributed by atoms with van der Waals surface area (Å²) in [5, 5.41) is 16.4. The van der Waals surface area contributed by atoms with Crippen LogP contribution in [0.3, 0.4) is 0 Å². The monoisotopic (exact) mass is 486 g/mol. The number of anilines is 2. The molecule has 8 nitrogen and oxygen atoms in total. The van der Waals surface area contributed by atoms with Gasteiger partial charge in [0.25, 0.3) is 5.91 Å². The molecule has 8 heteroatoms. The second-order valence-corrected chi connectivity index (χ2v) is 10.1. The molecule has 1 saturated carbocycles. The maximum atomic E-state index is 14.2. The summed E-state index contributed by atoms with van der Waals surface area (Å²) in [4.78, 5) is 35.6. The van der Waals surface area contributed by atoms with E-state index in [0.717, 1.165) is 57.2 Å². The Labute approximate surface area is 212 Å². The Kier molecular flexibility index (Phi) is 7.36. The maximum absolute atomic E-state index is 14.2. The van der Waals surface area contributed by atoms with Gasteiger partial charge in [-0.2, -0.15) is 5.26 Å². The first-order valence-corrected chi connectivity index (χ1v) is 13.2. The highest BCUT2D eigenvalue weighted by Gasteiger charge is 2.41. The minimum atomic E-state index is -0.879. The van der Waals surface area contributed by atoms with E-state index >= 15 is 0 Å². The van der Waals surface area contributed by atoms with Crippen LogP contribution < -0.4 is 15.5 Å². The van der Waals surface area contributed by atoms with E-state index in [9.17, 15) is 14.9 Å². The first-order chi connectivity index (χ1) is 17.7. The number of aryl methyl sites for hydroxylation is 1. The fourth-order valence-corrected chi connectivity index (χ4v) is 5.79. The highest BCUT2D eigenvalue weighted by molar-refractivity contribution is 6.04. The number of benzene rings is 1. The Bertz CT molecular complexity index is 1120. The number of nitrogens with one attached hydrogen (secondary N) is 2. The second-order valence-electron chi connectivity index (χ2n) is 10.1. The number of likely N-dealkylation sites (tertiary alicyclic amines) is 1. The van der Waals surface area contributed by atoms with Crippen LogP contribution in [0.1, 0.15) is 68.5 Å². The number of fused-ring (bicyclic) bond motifs is 1. The third-order valence-electron chi connectivity index (χ3n) is 7.67. The van der Waals surface area contributed by atoms with Crippen LogP contribution in [0, 0.1) is 11.5 Å². The number of hydrogen-bond acceptors (Lipinski definition) is 6. The molecule has 2 N–H and O–H groups in total. The average Bonchev–Trinajstić information content (AvgIpc) is 3.41. The maximum Gasteiger partial charge on any atom is 0.251 e. The Morgan fingerprint density at radius 2 is 2.00 bits per heavy atom. The van der Waals surface area contributed by atoms with E-state index in [0.29, 0.717) is 24.2 Å². The van der Waals surface area contributed by atoms with Crippen molar-refractivity contribution in [1.29, 1.82) is 5.26 Å². The van der Waals surface area contributed by atoms with Crippen molar-refractivity contribution in [3.8, 4) is 6.19 Å². The summed E-state index contributed by atoms with van der Waals surface area (Å²) in [7, 11) is 0. The topological polar surface area (TPSA) is 101 Å². The van der Waals surface area contributed by atoms with Crippen LogP contribution in [-0.2, 0) is 16.0 Å². The Morgan fingerprint density at radius 1 is 1.14 bits per heavy atom. The van der Waals surface area contributed by atoms with Crippen molar-refractivity contribution in [3.05, 3.63) is 53.9 Å². The lowest BCUT2D eigenvalue weighted by Crippen LogP contribution is -2.51. The van der Waals surface area contributed by atoms with Crippen molar-refractivity contribution in [2.24, 2.45) is 0 Å². The molecule has 0 radical (unpaired) electrons. The molecule has 0 spiro atoms. The lowest BCUT2D eigenvalue weighted by atomic mass is 9.94. The van der Waals surface area contributed by atoms with Gasteiger partial charge in [-0.25, -0.2) is 0 Å².